The molecule has 3 aromatic carbocycles. The number of nitrogens with two attached hydrogens (primary N) is 1. The standard InChI is InChI=1S/C24H23N5O4S/c1-28-21-12-11-18(29(15-23(30)31)34(32,33)19-5-3-2-4-6-19)14-20(21)27-22(28)13-16-7-9-17(10-8-16)24(25)26/h2-12,14H,13,15H2,1H3,(H3,25,26)(H,30,31). The van der Waals surface area contributed by atoms with Gasteiger partial charge in [-0.05, 0) is 35.9 Å². The second-order valence-corrected chi connectivity index (χ2v) is 9.63. The van der Waals surface area contributed by atoms with Crippen LogP contribution in [0.5, 0.6) is 0 Å². The molecule has 4 rings (SSSR count). The van der Waals surface area contributed by atoms with Gasteiger partial charge in [-0.3, -0.25) is 14.5 Å². The lowest BCUT2D eigenvalue weighted by molar-refractivity contribution is -0.135. The van der Waals surface area contributed by atoms with Crippen LogP contribution in [0.15, 0.2) is 77.7 Å². The minimum absolute atomic E-state index is 0.00169. The van der Waals surface area contributed by atoms with E-state index in [1.165, 1.54) is 12.1 Å². The highest BCUT2D eigenvalue weighted by atomic mass is 32.2. The Morgan fingerprint density at radius 2 is 1.76 bits per heavy atom. The normalized spacial score (nSPS) is 11.4. The van der Waals surface area contributed by atoms with Crippen LogP contribution in [0.1, 0.15) is 17.0 Å². The first-order valence-corrected chi connectivity index (χ1v) is 11.8. The lowest BCUT2D eigenvalue weighted by atomic mass is 10.1. The molecule has 0 saturated heterocycles. The molecule has 0 unspecified atom stereocenters. The molecule has 0 aliphatic heterocycles. The maximum atomic E-state index is 13.2. The van der Waals surface area contributed by atoms with Gasteiger partial charge < -0.3 is 15.4 Å². The van der Waals surface area contributed by atoms with Crippen molar-refractivity contribution in [3.63, 3.8) is 0 Å². The maximum absolute atomic E-state index is 13.2. The zero-order valence-corrected chi connectivity index (χ0v) is 19.2. The summed E-state index contributed by atoms with van der Waals surface area (Å²) in [5, 5.41) is 16.9. The lowest BCUT2D eigenvalue weighted by Crippen LogP contribution is -2.35. The zero-order valence-electron chi connectivity index (χ0n) is 18.3. The molecule has 1 aromatic heterocycles. The smallest absolute Gasteiger partial charge is 0.324 e. The van der Waals surface area contributed by atoms with Gasteiger partial charge in [0.05, 0.1) is 21.6 Å². The Labute approximate surface area is 196 Å². The van der Waals surface area contributed by atoms with E-state index in [0.29, 0.717) is 17.5 Å². The number of hydrogen-bond acceptors (Lipinski definition) is 5. The Morgan fingerprint density at radius 1 is 1.09 bits per heavy atom. The van der Waals surface area contributed by atoms with Crippen molar-refractivity contribution in [2.75, 3.05) is 10.8 Å². The molecule has 0 spiro atoms. The van der Waals surface area contributed by atoms with Gasteiger partial charge in [-0.2, -0.15) is 0 Å². The number of benzene rings is 3. The number of amidine groups is 1. The fourth-order valence-corrected chi connectivity index (χ4v) is 5.12. The average Bonchev–Trinajstić information content (AvgIpc) is 3.12. The summed E-state index contributed by atoms with van der Waals surface area (Å²) in [4.78, 5) is 16.2. The Kier molecular flexibility index (Phi) is 6.08. The third kappa shape index (κ3) is 4.48. The van der Waals surface area contributed by atoms with Crippen molar-refractivity contribution in [3.05, 3.63) is 89.7 Å². The van der Waals surface area contributed by atoms with E-state index in [4.69, 9.17) is 11.1 Å². The summed E-state index contributed by atoms with van der Waals surface area (Å²) in [7, 11) is -2.23. The highest BCUT2D eigenvalue weighted by molar-refractivity contribution is 7.92. The van der Waals surface area contributed by atoms with E-state index in [1.807, 2.05) is 23.7 Å². The molecule has 0 radical (unpaired) electrons. The molecule has 0 aliphatic carbocycles. The van der Waals surface area contributed by atoms with Crippen LogP contribution < -0.4 is 10.0 Å². The summed E-state index contributed by atoms with van der Waals surface area (Å²) < 4.78 is 29.2. The Bertz CT molecular complexity index is 1480. The number of hydrogen-bond donors (Lipinski definition) is 3. The first-order valence-electron chi connectivity index (χ1n) is 10.3. The van der Waals surface area contributed by atoms with Crippen molar-refractivity contribution >= 4 is 38.5 Å². The van der Waals surface area contributed by atoms with Gasteiger partial charge in [-0.25, -0.2) is 13.4 Å². The Hall–Kier alpha value is -4.18. The monoisotopic (exact) mass is 477 g/mol. The molecule has 1 heterocycles. The minimum Gasteiger partial charge on any atom is -0.480 e. The van der Waals surface area contributed by atoms with Crippen LogP contribution in [0.4, 0.5) is 5.69 Å². The van der Waals surface area contributed by atoms with E-state index in [1.54, 1.807) is 48.5 Å². The van der Waals surface area contributed by atoms with E-state index in [9.17, 15) is 18.3 Å². The third-order valence-corrected chi connectivity index (χ3v) is 7.27. The number of aromatic nitrogens is 2. The van der Waals surface area contributed by atoms with Crippen LogP contribution in [-0.2, 0) is 28.3 Å². The summed E-state index contributed by atoms with van der Waals surface area (Å²) in [6.07, 6.45) is 0.514. The molecule has 10 heteroatoms. The van der Waals surface area contributed by atoms with Crippen molar-refractivity contribution < 1.29 is 18.3 Å². The van der Waals surface area contributed by atoms with Crippen molar-refractivity contribution in [2.45, 2.75) is 11.3 Å². The molecule has 4 N–H and O–H groups in total. The number of nitrogen functional groups attached to an aromatic ring is 1. The van der Waals surface area contributed by atoms with Crippen LogP contribution in [-0.4, -0.2) is 41.4 Å². The summed E-state index contributed by atoms with van der Waals surface area (Å²) in [5.41, 5.74) is 8.67. The molecule has 34 heavy (non-hydrogen) atoms. The van der Waals surface area contributed by atoms with Gasteiger partial charge in [0.1, 0.15) is 18.2 Å². The van der Waals surface area contributed by atoms with Crippen LogP contribution in [0.25, 0.3) is 11.0 Å². The van der Waals surface area contributed by atoms with Gasteiger partial charge in [-0.1, -0.05) is 42.5 Å². The van der Waals surface area contributed by atoms with Crippen molar-refractivity contribution in [1.82, 2.24) is 9.55 Å². The molecule has 0 bridgehead atoms. The first-order chi connectivity index (χ1) is 16.2. The number of fused-ring (bicyclic) bond motifs is 1. The van der Waals surface area contributed by atoms with Crippen LogP contribution in [0, 0.1) is 5.41 Å². The second-order valence-electron chi connectivity index (χ2n) is 7.77. The number of imidazole rings is 1. The molecule has 0 aliphatic rings. The number of carboxylic acids is 1. The quantitative estimate of drug-likeness (QED) is 0.263. The van der Waals surface area contributed by atoms with Crippen molar-refractivity contribution in [1.29, 1.82) is 5.41 Å². The predicted octanol–water partition coefficient (Wildman–Crippen LogP) is 2.73. The summed E-state index contributed by atoms with van der Waals surface area (Å²) in [5.74, 6) is -0.521. The van der Waals surface area contributed by atoms with Crippen LogP contribution >= 0.6 is 0 Å². The molecule has 0 atom stereocenters. The first kappa shape index (κ1) is 23.0. The Morgan fingerprint density at radius 3 is 2.38 bits per heavy atom. The maximum Gasteiger partial charge on any atom is 0.324 e. The second kappa shape index (κ2) is 8.99. The van der Waals surface area contributed by atoms with Gasteiger partial charge in [0.2, 0.25) is 0 Å². The molecular weight excluding hydrogens is 454 g/mol. The Balaban J connectivity index is 1.71. The van der Waals surface area contributed by atoms with Gasteiger partial charge in [0, 0.05) is 19.0 Å². The SMILES string of the molecule is Cn1c(Cc2ccc(C(=N)N)cc2)nc2cc(N(CC(=O)O)S(=O)(=O)c3ccccc3)ccc21. The number of anilines is 1. The molecule has 9 nitrogen and oxygen atoms in total. The highest BCUT2D eigenvalue weighted by Gasteiger charge is 2.27. The topological polar surface area (TPSA) is 142 Å². The number of aryl methyl sites for hydroxylation is 1. The van der Waals surface area contributed by atoms with E-state index >= 15 is 0 Å². The van der Waals surface area contributed by atoms with Gasteiger partial charge in [-0.15, -0.1) is 0 Å². The van der Waals surface area contributed by atoms with Crippen molar-refractivity contribution in [3.8, 4) is 0 Å². The highest BCUT2D eigenvalue weighted by Crippen LogP contribution is 2.28. The van der Waals surface area contributed by atoms with E-state index in [-0.39, 0.29) is 16.4 Å². The fraction of sp³-hybridized carbons (Fsp3) is 0.125. The zero-order chi connectivity index (χ0) is 24.5. The molecular formula is C24H23N5O4S. The van der Waals surface area contributed by atoms with Crippen LogP contribution in [0.2, 0.25) is 0 Å². The average molecular weight is 478 g/mol. The van der Waals surface area contributed by atoms with E-state index < -0.39 is 22.5 Å². The number of sulfonamides is 1. The van der Waals surface area contributed by atoms with E-state index in [0.717, 1.165) is 21.2 Å². The molecule has 0 fully saturated rings. The third-order valence-electron chi connectivity index (χ3n) is 5.48. The number of nitrogens with one attached hydrogen (secondary N) is 1. The molecule has 4 aromatic rings. The van der Waals surface area contributed by atoms with Crippen LogP contribution in [0.3, 0.4) is 0 Å². The van der Waals surface area contributed by atoms with Gasteiger partial charge in [0.25, 0.3) is 10.0 Å². The number of rotatable bonds is 8. The van der Waals surface area contributed by atoms with Crippen molar-refractivity contribution in [2.24, 2.45) is 12.8 Å². The fourth-order valence-electron chi connectivity index (χ4n) is 3.69. The summed E-state index contributed by atoms with van der Waals surface area (Å²) in [6, 6.07) is 19.9. The largest absolute Gasteiger partial charge is 0.480 e. The van der Waals surface area contributed by atoms with Gasteiger partial charge in [0.15, 0.2) is 0 Å². The number of carboxylic acid groups (broad SMARTS) is 1. The molecule has 0 saturated carbocycles. The summed E-state index contributed by atoms with van der Waals surface area (Å²) in [6.45, 7) is -0.717. The number of carbonyl (C=O) groups is 1. The van der Waals surface area contributed by atoms with E-state index in [2.05, 4.69) is 4.98 Å². The minimum atomic E-state index is -4.09. The number of nitrogens with zero attached hydrogens (tertiary/aromatic N) is 3. The van der Waals surface area contributed by atoms with Gasteiger partial charge >= 0.3 is 5.97 Å². The molecule has 174 valence electrons. The predicted molar refractivity (Wildman–Crippen MR) is 130 cm³/mol. The molecule has 0 amide bonds. The number of aliphatic carboxylic acids is 1. The summed E-state index contributed by atoms with van der Waals surface area (Å²) >= 11 is 0. The lowest BCUT2D eigenvalue weighted by Gasteiger charge is -2.22.